The van der Waals surface area contributed by atoms with Crippen LogP contribution < -0.4 is 0 Å². The molecule has 0 aliphatic heterocycles. The number of rotatable bonds is 9. The van der Waals surface area contributed by atoms with E-state index in [9.17, 15) is 0 Å². The molecule has 0 N–H and O–H groups in total. The number of hydrogen-bond acceptors (Lipinski definition) is 0. The fourth-order valence-electron chi connectivity index (χ4n) is 2.73. The summed E-state index contributed by atoms with van der Waals surface area (Å²) < 4.78 is 0. The van der Waals surface area contributed by atoms with Crippen LogP contribution in [0.5, 0.6) is 0 Å². The van der Waals surface area contributed by atoms with Crippen molar-refractivity contribution in [1.29, 1.82) is 0 Å². The first-order valence-electron chi connectivity index (χ1n) is 8.45. The molecule has 0 aliphatic carbocycles. The summed E-state index contributed by atoms with van der Waals surface area (Å²) in [5.74, 6) is 0. The Bertz CT molecular complexity index is 481. The molecule has 0 bridgehead atoms. The molecule has 0 spiro atoms. The molecule has 0 amide bonds. The molecule has 1 radical (unpaired) electrons. The number of benzene rings is 2. The largest absolute Gasteiger partial charge is 0.0654 e. The minimum atomic E-state index is 1.22. The minimum absolute atomic E-state index is 1.22. The molecule has 0 saturated carbocycles. The van der Waals surface area contributed by atoms with Crippen LogP contribution in [0.1, 0.15) is 57.4 Å². The maximum Gasteiger partial charge on any atom is -0.0184 e. The summed E-state index contributed by atoms with van der Waals surface area (Å²) in [6.07, 6.45) is 10.9. The van der Waals surface area contributed by atoms with Crippen molar-refractivity contribution in [2.45, 2.75) is 58.3 Å². The first-order valence-corrected chi connectivity index (χ1v) is 8.45. The van der Waals surface area contributed by atoms with Gasteiger partial charge in [0.2, 0.25) is 0 Å². The van der Waals surface area contributed by atoms with Gasteiger partial charge in [0.1, 0.15) is 0 Å². The lowest BCUT2D eigenvalue weighted by atomic mass is 10.0. The lowest BCUT2D eigenvalue weighted by Gasteiger charge is -2.05. The zero-order chi connectivity index (χ0) is 14.8. The van der Waals surface area contributed by atoms with Crippen molar-refractivity contribution in [3.05, 3.63) is 60.2 Å². The van der Waals surface area contributed by atoms with Crippen molar-refractivity contribution in [3.63, 3.8) is 0 Å². The van der Waals surface area contributed by atoms with Crippen LogP contribution in [0.3, 0.4) is 0 Å². The Morgan fingerprint density at radius 3 is 1.90 bits per heavy atom. The van der Waals surface area contributed by atoms with Crippen molar-refractivity contribution in [2.75, 3.05) is 0 Å². The highest BCUT2D eigenvalue weighted by Crippen LogP contribution is 2.20. The van der Waals surface area contributed by atoms with E-state index in [1.165, 1.54) is 68.1 Å². The van der Waals surface area contributed by atoms with Crippen molar-refractivity contribution < 1.29 is 0 Å². The van der Waals surface area contributed by atoms with Gasteiger partial charge in [0.25, 0.3) is 0 Å². The molecule has 0 aromatic heterocycles. The van der Waals surface area contributed by atoms with Gasteiger partial charge in [0.15, 0.2) is 0 Å². The first-order chi connectivity index (χ1) is 10.4. The van der Waals surface area contributed by atoms with Crippen molar-refractivity contribution in [1.82, 2.24) is 0 Å². The average molecular weight is 279 g/mol. The fourth-order valence-corrected chi connectivity index (χ4v) is 2.73. The van der Waals surface area contributed by atoms with E-state index >= 15 is 0 Å². The Morgan fingerprint density at radius 1 is 0.667 bits per heavy atom. The second kappa shape index (κ2) is 9.39. The molecule has 0 aliphatic rings. The van der Waals surface area contributed by atoms with Gasteiger partial charge in [-0.1, -0.05) is 94.0 Å². The van der Waals surface area contributed by atoms with Crippen molar-refractivity contribution >= 4 is 0 Å². The lowest BCUT2D eigenvalue weighted by molar-refractivity contribution is 0.589. The van der Waals surface area contributed by atoms with Gasteiger partial charge in [0, 0.05) is 0 Å². The highest BCUT2D eigenvalue weighted by molar-refractivity contribution is 5.63. The van der Waals surface area contributed by atoms with Crippen LogP contribution in [0.15, 0.2) is 48.5 Å². The molecular weight excluding hydrogens is 252 g/mol. The van der Waals surface area contributed by atoms with Crippen LogP contribution in [0.2, 0.25) is 0 Å². The predicted octanol–water partition coefficient (Wildman–Crippen LogP) is 6.45. The van der Waals surface area contributed by atoms with E-state index in [1.54, 1.807) is 0 Å². The van der Waals surface area contributed by atoms with E-state index in [0.29, 0.717) is 0 Å². The molecule has 21 heavy (non-hydrogen) atoms. The van der Waals surface area contributed by atoms with Gasteiger partial charge in [-0.2, -0.15) is 0 Å². The SMILES string of the molecule is CCCCCCCCCc1ccc(-c2cc[c]cc2)cc1. The Kier molecular flexibility index (Phi) is 7.07. The Labute approximate surface area is 130 Å². The maximum absolute atomic E-state index is 3.07. The smallest absolute Gasteiger partial charge is 0.0184 e. The molecule has 0 fully saturated rings. The molecule has 0 atom stereocenters. The standard InChI is InChI=1S/C21H27/c1-2-3-4-5-6-7-9-12-19-15-17-21(18-16-19)20-13-10-8-11-14-20/h10-11,13-18H,2-7,9,12H2,1H3. The summed E-state index contributed by atoms with van der Waals surface area (Å²) in [6, 6.07) is 20.3. The molecule has 0 nitrogen and oxygen atoms in total. The molecule has 0 heterocycles. The summed E-state index contributed by atoms with van der Waals surface area (Å²) in [7, 11) is 0. The maximum atomic E-state index is 3.07. The predicted molar refractivity (Wildman–Crippen MR) is 92.4 cm³/mol. The minimum Gasteiger partial charge on any atom is -0.0654 e. The summed E-state index contributed by atoms with van der Waals surface area (Å²) in [5.41, 5.74) is 4.04. The quantitative estimate of drug-likeness (QED) is 0.463. The van der Waals surface area contributed by atoms with E-state index in [4.69, 9.17) is 0 Å². The van der Waals surface area contributed by atoms with E-state index < -0.39 is 0 Å². The third-order valence-corrected chi connectivity index (χ3v) is 4.07. The van der Waals surface area contributed by atoms with Crippen molar-refractivity contribution in [3.8, 4) is 11.1 Å². The normalized spacial score (nSPS) is 10.7. The van der Waals surface area contributed by atoms with Crippen LogP contribution in [-0.2, 0) is 6.42 Å². The molecule has 0 heteroatoms. The Balaban J connectivity index is 1.71. The van der Waals surface area contributed by atoms with E-state index in [1.807, 2.05) is 12.1 Å². The molecule has 0 saturated heterocycles. The molecule has 111 valence electrons. The zero-order valence-electron chi connectivity index (χ0n) is 13.3. The van der Waals surface area contributed by atoms with E-state index in [0.717, 1.165) is 0 Å². The van der Waals surface area contributed by atoms with Gasteiger partial charge in [-0.25, -0.2) is 0 Å². The molecular formula is C21H27. The van der Waals surface area contributed by atoms with Crippen LogP contribution in [0.25, 0.3) is 11.1 Å². The van der Waals surface area contributed by atoms with Gasteiger partial charge >= 0.3 is 0 Å². The number of aryl methyl sites for hydroxylation is 1. The second-order valence-corrected chi connectivity index (χ2v) is 5.86. The van der Waals surface area contributed by atoms with Gasteiger partial charge in [-0.3, -0.25) is 0 Å². The van der Waals surface area contributed by atoms with E-state index in [-0.39, 0.29) is 0 Å². The molecule has 2 aromatic carbocycles. The molecule has 0 unspecified atom stereocenters. The van der Waals surface area contributed by atoms with Crippen LogP contribution in [-0.4, -0.2) is 0 Å². The highest BCUT2D eigenvalue weighted by atomic mass is 14.0. The third-order valence-electron chi connectivity index (χ3n) is 4.07. The lowest BCUT2D eigenvalue weighted by Crippen LogP contribution is -1.87. The third kappa shape index (κ3) is 5.75. The van der Waals surface area contributed by atoms with Gasteiger partial charge in [0.05, 0.1) is 0 Å². The summed E-state index contributed by atoms with van der Waals surface area (Å²) in [4.78, 5) is 0. The van der Waals surface area contributed by atoms with Crippen LogP contribution in [0, 0.1) is 6.07 Å². The summed E-state index contributed by atoms with van der Waals surface area (Å²) >= 11 is 0. The number of unbranched alkanes of at least 4 members (excludes halogenated alkanes) is 6. The summed E-state index contributed by atoms with van der Waals surface area (Å²) in [6.45, 7) is 2.28. The van der Waals surface area contributed by atoms with Crippen LogP contribution in [0.4, 0.5) is 0 Å². The van der Waals surface area contributed by atoms with Gasteiger partial charge in [-0.05, 0) is 35.6 Å². The van der Waals surface area contributed by atoms with E-state index in [2.05, 4.69) is 49.4 Å². The Hall–Kier alpha value is -1.56. The molecule has 2 aromatic rings. The molecule has 2 rings (SSSR count). The second-order valence-electron chi connectivity index (χ2n) is 5.86. The first kappa shape index (κ1) is 15.8. The van der Waals surface area contributed by atoms with Gasteiger partial charge < -0.3 is 0 Å². The topological polar surface area (TPSA) is 0 Å². The fraction of sp³-hybridized carbons (Fsp3) is 0.429. The Morgan fingerprint density at radius 2 is 1.24 bits per heavy atom. The van der Waals surface area contributed by atoms with Crippen molar-refractivity contribution in [2.24, 2.45) is 0 Å². The summed E-state index contributed by atoms with van der Waals surface area (Å²) in [5, 5.41) is 0. The zero-order valence-corrected chi connectivity index (χ0v) is 13.3. The monoisotopic (exact) mass is 279 g/mol. The average Bonchev–Trinajstić information content (AvgIpc) is 2.55. The van der Waals surface area contributed by atoms with Crippen LogP contribution >= 0.6 is 0 Å². The number of hydrogen-bond donors (Lipinski definition) is 0. The van der Waals surface area contributed by atoms with Gasteiger partial charge in [-0.15, -0.1) is 0 Å². The highest BCUT2D eigenvalue weighted by Gasteiger charge is 1.98.